The highest BCUT2D eigenvalue weighted by atomic mass is 16.5. The zero-order chi connectivity index (χ0) is 7.98. The highest BCUT2D eigenvalue weighted by Crippen LogP contribution is 1.89. The second kappa shape index (κ2) is 5.23. The normalized spacial score (nSPS) is 15.3. The van der Waals surface area contributed by atoms with Crippen molar-refractivity contribution in [3.8, 4) is 0 Å². The van der Waals surface area contributed by atoms with E-state index in [1.54, 1.807) is 6.92 Å². The van der Waals surface area contributed by atoms with Crippen LogP contribution in [0, 0.1) is 0 Å². The van der Waals surface area contributed by atoms with E-state index in [0.29, 0.717) is 12.4 Å². The maximum Gasteiger partial charge on any atom is 0.0906 e. The molecule has 0 saturated carbocycles. The molecule has 0 saturated heterocycles. The van der Waals surface area contributed by atoms with Crippen molar-refractivity contribution in [2.24, 2.45) is 10.7 Å². The average molecular weight is 144 g/mol. The van der Waals surface area contributed by atoms with Crippen LogP contribution >= 0.6 is 0 Å². The van der Waals surface area contributed by atoms with E-state index < -0.39 is 0 Å². The molecule has 0 bridgehead atoms. The molecule has 10 heavy (non-hydrogen) atoms. The largest absolute Gasteiger partial charge is 0.388 e. The summed E-state index contributed by atoms with van der Waals surface area (Å²) >= 11 is 0. The Balaban J connectivity index is 3.38. The second-order valence-corrected chi connectivity index (χ2v) is 2.25. The van der Waals surface area contributed by atoms with Crippen molar-refractivity contribution < 1.29 is 4.74 Å². The van der Waals surface area contributed by atoms with Crippen molar-refractivity contribution >= 4 is 5.84 Å². The van der Waals surface area contributed by atoms with Crippen LogP contribution in [0.5, 0.6) is 0 Å². The van der Waals surface area contributed by atoms with E-state index in [2.05, 4.69) is 4.99 Å². The van der Waals surface area contributed by atoms with Gasteiger partial charge in [0.15, 0.2) is 0 Å². The van der Waals surface area contributed by atoms with Crippen LogP contribution in [0.25, 0.3) is 0 Å². The number of aliphatic imine (C=N–C) groups is 1. The Morgan fingerprint density at radius 3 is 2.70 bits per heavy atom. The smallest absolute Gasteiger partial charge is 0.0906 e. The molecule has 0 rings (SSSR count). The van der Waals surface area contributed by atoms with Gasteiger partial charge in [0, 0.05) is 6.61 Å². The van der Waals surface area contributed by atoms with Crippen LogP contribution in [-0.4, -0.2) is 25.1 Å². The van der Waals surface area contributed by atoms with Crippen molar-refractivity contribution in [3.63, 3.8) is 0 Å². The molecular formula is C7H16N2O. The average Bonchev–Trinajstić information content (AvgIpc) is 1.85. The zero-order valence-electron chi connectivity index (χ0n) is 6.92. The molecule has 0 aromatic heterocycles. The van der Waals surface area contributed by atoms with E-state index in [4.69, 9.17) is 10.5 Å². The maximum absolute atomic E-state index is 5.33. The van der Waals surface area contributed by atoms with Crippen molar-refractivity contribution in [1.82, 2.24) is 0 Å². The van der Waals surface area contributed by atoms with E-state index in [0.717, 1.165) is 6.61 Å². The Hall–Kier alpha value is -0.570. The monoisotopic (exact) mass is 144 g/mol. The van der Waals surface area contributed by atoms with Gasteiger partial charge >= 0.3 is 0 Å². The van der Waals surface area contributed by atoms with Crippen LogP contribution in [0.1, 0.15) is 20.8 Å². The van der Waals surface area contributed by atoms with E-state index in [1.807, 2.05) is 13.8 Å². The lowest BCUT2D eigenvalue weighted by Gasteiger charge is -2.07. The lowest BCUT2D eigenvalue weighted by Crippen LogP contribution is -2.15. The molecular weight excluding hydrogens is 128 g/mol. The molecule has 0 aliphatic rings. The summed E-state index contributed by atoms with van der Waals surface area (Å²) in [5.41, 5.74) is 5.33. The summed E-state index contributed by atoms with van der Waals surface area (Å²) in [5, 5.41) is 0. The number of nitrogens with two attached hydrogens (primary N) is 1. The molecule has 0 spiro atoms. The summed E-state index contributed by atoms with van der Waals surface area (Å²) in [6, 6.07) is 0. The first kappa shape index (κ1) is 9.43. The highest BCUT2D eigenvalue weighted by molar-refractivity contribution is 5.77. The minimum Gasteiger partial charge on any atom is -0.388 e. The molecule has 2 N–H and O–H groups in total. The fraction of sp³-hybridized carbons (Fsp3) is 0.857. The summed E-state index contributed by atoms with van der Waals surface area (Å²) in [5.74, 6) is 0.617. The SMILES string of the molecule is CCOC(C)CN=C(C)N. The lowest BCUT2D eigenvalue weighted by atomic mass is 10.4. The molecule has 0 aromatic carbocycles. The number of nitrogens with zero attached hydrogens (tertiary/aromatic N) is 1. The summed E-state index contributed by atoms with van der Waals surface area (Å²) in [6.45, 7) is 7.13. The predicted octanol–water partition coefficient (Wildman–Crippen LogP) is 0.788. The molecule has 0 aliphatic carbocycles. The minimum atomic E-state index is 0.184. The van der Waals surface area contributed by atoms with Crippen molar-refractivity contribution in [2.75, 3.05) is 13.2 Å². The third kappa shape index (κ3) is 5.56. The van der Waals surface area contributed by atoms with E-state index in [9.17, 15) is 0 Å². The molecule has 3 nitrogen and oxygen atoms in total. The molecule has 0 fully saturated rings. The first-order valence-corrected chi connectivity index (χ1v) is 3.55. The maximum atomic E-state index is 5.33. The third-order valence-electron chi connectivity index (χ3n) is 1.05. The minimum absolute atomic E-state index is 0.184. The van der Waals surface area contributed by atoms with Gasteiger partial charge in [-0.1, -0.05) is 0 Å². The number of amidine groups is 1. The van der Waals surface area contributed by atoms with Crippen molar-refractivity contribution in [3.05, 3.63) is 0 Å². The Labute approximate surface area is 62.3 Å². The third-order valence-corrected chi connectivity index (χ3v) is 1.05. The first-order chi connectivity index (χ1) is 4.66. The fourth-order valence-corrected chi connectivity index (χ4v) is 0.610. The fourth-order valence-electron chi connectivity index (χ4n) is 0.610. The van der Waals surface area contributed by atoms with Gasteiger partial charge in [-0.05, 0) is 20.8 Å². The molecule has 1 atom stereocenters. The van der Waals surface area contributed by atoms with Gasteiger partial charge < -0.3 is 10.5 Å². The number of hydrogen-bond donors (Lipinski definition) is 1. The number of ether oxygens (including phenoxy) is 1. The topological polar surface area (TPSA) is 47.6 Å². The zero-order valence-corrected chi connectivity index (χ0v) is 6.92. The second-order valence-electron chi connectivity index (χ2n) is 2.25. The Bertz CT molecular complexity index is 108. The summed E-state index contributed by atoms with van der Waals surface area (Å²) in [7, 11) is 0. The molecule has 0 aliphatic heterocycles. The Kier molecular flexibility index (Phi) is 4.94. The van der Waals surface area contributed by atoms with Crippen molar-refractivity contribution in [1.29, 1.82) is 0 Å². The van der Waals surface area contributed by atoms with Crippen LogP contribution < -0.4 is 5.73 Å². The van der Waals surface area contributed by atoms with Gasteiger partial charge in [0.05, 0.1) is 18.5 Å². The highest BCUT2D eigenvalue weighted by Gasteiger charge is 1.96. The quantitative estimate of drug-likeness (QED) is 0.468. The molecule has 0 heterocycles. The lowest BCUT2D eigenvalue weighted by molar-refractivity contribution is 0.0829. The number of rotatable bonds is 4. The van der Waals surface area contributed by atoms with Gasteiger partial charge in [-0.2, -0.15) is 0 Å². The van der Waals surface area contributed by atoms with E-state index >= 15 is 0 Å². The van der Waals surface area contributed by atoms with Gasteiger partial charge in [0.25, 0.3) is 0 Å². The molecule has 3 heteroatoms. The van der Waals surface area contributed by atoms with Gasteiger partial charge in [0.2, 0.25) is 0 Å². The van der Waals surface area contributed by atoms with Crippen LogP contribution in [0.2, 0.25) is 0 Å². The van der Waals surface area contributed by atoms with Crippen LogP contribution in [0.4, 0.5) is 0 Å². The van der Waals surface area contributed by atoms with Gasteiger partial charge in [-0.15, -0.1) is 0 Å². The molecule has 0 aromatic rings. The van der Waals surface area contributed by atoms with E-state index in [1.165, 1.54) is 0 Å². The van der Waals surface area contributed by atoms with Crippen LogP contribution in [-0.2, 0) is 4.74 Å². The van der Waals surface area contributed by atoms with Gasteiger partial charge in [0.1, 0.15) is 0 Å². The first-order valence-electron chi connectivity index (χ1n) is 3.55. The van der Waals surface area contributed by atoms with Gasteiger partial charge in [-0.3, -0.25) is 4.99 Å². The number of hydrogen-bond acceptors (Lipinski definition) is 2. The summed E-state index contributed by atoms with van der Waals surface area (Å²) in [4.78, 5) is 4.01. The van der Waals surface area contributed by atoms with Crippen LogP contribution in [0.15, 0.2) is 4.99 Å². The van der Waals surface area contributed by atoms with Crippen LogP contribution in [0.3, 0.4) is 0 Å². The van der Waals surface area contributed by atoms with Crippen molar-refractivity contribution in [2.45, 2.75) is 26.9 Å². The molecule has 0 radical (unpaired) electrons. The Morgan fingerprint density at radius 2 is 2.30 bits per heavy atom. The summed E-state index contributed by atoms with van der Waals surface area (Å²) in [6.07, 6.45) is 0.184. The molecule has 60 valence electrons. The van der Waals surface area contributed by atoms with Gasteiger partial charge in [-0.25, -0.2) is 0 Å². The Morgan fingerprint density at radius 1 is 1.70 bits per heavy atom. The molecule has 1 unspecified atom stereocenters. The summed E-state index contributed by atoms with van der Waals surface area (Å²) < 4.78 is 5.23. The van der Waals surface area contributed by atoms with E-state index in [-0.39, 0.29) is 6.10 Å². The standard InChI is InChI=1S/C7H16N2O/c1-4-10-6(2)5-9-7(3)8/h6H,4-5H2,1-3H3,(H2,8,9). The molecule has 0 amide bonds. The predicted molar refractivity (Wildman–Crippen MR) is 43.3 cm³/mol.